The maximum absolute atomic E-state index is 13.8. The average molecular weight is 525 g/mol. The summed E-state index contributed by atoms with van der Waals surface area (Å²) in [6, 6.07) is 22.3. The highest BCUT2D eigenvalue weighted by Gasteiger charge is 2.31. The topological polar surface area (TPSA) is 105 Å². The fourth-order valence-corrected chi connectivity index (χ4v) is 4.81. The Balaban J connectivity index is 1.63. The Kier molecular flexibility index (Phi) is 8.31. The van der Waals surface area contributed by atoms with Crippen molar-refractivity contribution in [2.45, 2.75) is 52.2 Å². The third kappa shape index (κ3) is 6.62. The number of carbonyl (C=O) groups is 3. The van der Waals surface area contributed by atoms with E-state index in [9.17, 15) is 14.4 Å². The van der Waals surface area contributed by atoms with Crippen LogP contribution in [0, 0.1) is 0 Å². The van der Waals surface area contributed by atoms with E-state index in [2.05, 4.69) is 10.6 Å². The molecule has 4 N–H and O–H groups in total. The number of amides is 3. The van der Waals surface area contributed by atoms with Gasteiger partial charge < -0.3 is 21.3 Å². The zero-order valence-corrected chi connectivity index (χ0v) is 23.0. The summed E-state index contributed by atoms with van der Waals surface area (Å²) in [5.41, 5.74) is 11.3. The second-order valence-electron chi connectivity index (χ2n) is 10.6. The number of benzene rings is 3. The van der Waals surface area contributed by atoms with Crippen molar-refractivity contribution in [3.8, 4) is 11.1 Å². The summed E-state index contributed by atoms with van der Waals surface area (Å²) >= 11 is 0. The molecule has 1 unspecified atom stereocenters. The third-order valence-corrected chi connectivity index (χ3v) is 6.62. The van der Waals surface area contributed by atoms with Gasteiger partial charge in [0.05, 0.1) is 12.2 Å². The van der Waals surface area contributed by atoms with Crippen LogP contribution in [0.3, 0.4) is 0 Å². The molecule has 0 aromatic heterocycles. The summed E-state index contributed by atoms with van der Waals surface area (Å²) in [5, 5.41) is 5.75. The molecule has 3 aromatic rings. The van der Waals surface area contributed by atoms with Crippen molar-refractivity contribution in [2.75, 3.05) is 11.4 Å². The molecule has 1 atom stereocenters. The van der Waals surface area contributed by atoms with Gasteiger partial charge in [0.25, 0.3) is 11.8 Å². The first-order valence-corrected chi connectivity index (χ1v) is 13.2. The van der Waals surface area contributed by atoms with Gasteiger partial charge in [0.2, 0.25) is 5.91 Å². The molecule has 7 heteroatoms. The van der Waals surface area contributed by atoms with Crippen molar-refractivity contribution in [1.82, 2.24) is 10.6 Å². The highest BCUT2D eigenvalue weighted by molar-refractivity contribution is 6.05. The fraction of sp³-hybridized carbons (Fsp3) is 0.281. The van der Waals surface area contributed by atoms with Crippen LogP contribution in [-0.2, 0) is 16.1 Å². The van der Waals surface area contributed by atoms with Gasteiger partial charge in [0.1, 0.15) is 6.04 Å². The van der Waals surface area contributed by atoms with Crippen molar-refractivity contribution >= 4 is 29.0 Å². The molecule has 39 heavy (non-hydrogen) atoms. The van der Waals surface area contributed by atoms with E-state index in [1.807, 2.05) is 92.7 Å². The Bertz CT molecular complexity index is 1400. The van der Waals surface area contributed by atoms with Crippen molar-refractivity contribution in [1.29, 1.82) is 0 Å². The van der Waals surface area contributed by atoms with Gasteiger partial charge in [0.15, 0.2) is 0 Å². The van der Waals surface area contributed by atoms with E-state index < -0.39 is 11.6 Å². The number of nitrogens with one attached hydrogen (secondary N) is 2. The molecule has 7 nitrogen and oxygen atoms in total. The Labute approximate surface area is 230 Å². The molecule has 0 saturated heterocycles. The Morgan fingerprint density at radius 1 is 0.949 bits per heavy atom. The first kappa shape index (κ1) is 27.8. The highest BCUT2D eigenvalue weighted by atomic mass is 16.2. The smallest absolute Gasteiger partial charge is 0.253 e. The number of hydrogen-bond donors (Lipinski definition) is 3. The van der Waals surface area contributed by atoms with E-state index in [1.54, 1.807) is 18.7 Å². The van der Waals surface area contributed by atoms with Gasteiger partial charge in [-0.3, -0.25) is 14.4 Å². The molecule has 0 aliphatic carbocycles. The predicted octanol–water partition coefficient (Wildman–Crippen LogP) is 4.67. The van der Waals surface area contributed by atoms with Gasteiger partial charge in [-0.25, -0.2) is 0 Å². The standard InChI is InChI=1S/C32H36N4O3/c1-5-34-30(38)26-12-7-6-11-25(26)23-16-14-22(15-17-23)20-36-28-13-9-8-10-24(28)21(2)18-27(31(36)39)35-29(37)19-32(3,4)33/h6-18,27H,5,19-20,33H2,1-4H3,(H,34,38)(H,35,37). The maximum Gasteiger partial charge on any atom is 0.253 e. The molecule has 0 saturated carbocycles. The Morgan fingerprint density at radius 2 is 1.59 bits per heavy atom. The molecular weight excluding hydrogens is 488 g/mol. The van der Waals surface area contributed by atoms with Crippen molar-refractivity contribution in [2.24, 2.45) is 5.73 Å². The highest BCUT2D eigenvalue weighted by Crippen LogP contribution is 2.33. The minimum absolute atomic E-state index is 0.107. The van der Waals surface area contributed by atoms with E-state index in [1.165, 1.54) is 0 Å². The summed E-state index contributed by atoms with van der Waals surface area (Å²) in [6.07, 6.45) is 1.92. The van der Waals surface area contributed by atoms with E-state index >= 15 is 0 Å². The molecule has 1 aliphatic rings. The lowest BCUT2D eigenvalue weighted by Gasteiger charge is -2.27. The number of carbonyl (C=O) groups excluding carboxylic acids is 3. The zero-order valence-electron chi connectivity index (χ0n) is 23.0. The molecule has 3 aromatic carbocycles. The second-order valence-corrected chi connectivity index (χ2v) is 10.6. The van der Waals surface area contributed by atoms with Gasteiger partial charge in [-0.15, -0.1) is 0 Å². The van der Waals surface area contributed by atoms with Crippen molar-refractivity contribution < 1.29 is 14.4 Å². The quantitative estimate of drug-likeness (QED) is 0.398. The first-order valence-electron chi connectivity index (χ1n) is 13.2. The fourth-order valence-electron chi connectivity index (χ4n) is 4.81. The number of fused-ring (bicyclic) bond motifs is 1. The monoisotopic (exact) mass is 524 g/mol. The number of allylic oxidation sites excluding steroid dienone is 1. The van der Waals surface area contributed by atoms with Crippen LogP contribution >= 0.6 is 0 Å². The van der Waals surface area contributed by atoms with Crippen molar-refractivity contribution in [3.05, 3.63) is 95.6 Å². The van der Waals surface area contributed by atoms with Gasteiger partial charge in [-0.2, -0.15) is 0 Å². The van der Waals surface area contributed by atoms with Crippen LogP contribution in [0.5, 0.6) is 0 Å². The zero-order chi connectivity index (χ0) is 28.2. The molecular formula is C32H36N4O3. The van der Waals surface area contributed by atoms with Crippen LogP contribution < -0.4 is 21.3 Å². The second kappa shape index (κ2) is 11.7. The summed E-state index contributed by atoms with van der Waals surface area (Å²) in [4.78, 5) is 40.8. The van der Waals surface area contributed by atoms with Crippen LogP contribution in [0.1, 0.15) is 55.6 Å². The number of anilines is 1. The largest absolute Gasteiger partial charge is 0.352 e. The van der Waals surface area contributed by atoms with Crippen LogP contribution in [0.2, 0.25) is 0 Å². The minimum Gasteiger partial charge on any atom is -0.352 e. The van der Waals surface area contributed by atoms with E-state index in [-0.39, 0.29) is 24.1 Å². The molecule has 1 heterocycles. The summed E-state index contributed by atoms with van der Waals surface area (Å²) < 4.78 is 0. The minimum atomic E-state index is -0.810. The van der Waals surface area contributed by atoms with Crippen molar-refractivity contribution in [3.63, 3.8) is 0 Å². The molecule has 202 valence electrons. The maximum atomic E-state index is 13.8. The molecule has 0 spiro atoms. The van der Waals surface area contributed by atoms with Crippen LogP contribution in [0.4, 0.5) is 5.69 Å². The van der Waals surface area contributed by atoms with Gasteiger partial charge in [-0.05, 0) is 68.2 Å². The van der Waals surface area contributed by atoms with Crippen LogP contribution in [-0.4, -0.2) is 35.8 Å². The number of para-hydroxylation sites is 1. The number of rotatable bonds is 8. The van der Waals surface area contributed by atoms with Crippen LogP contribution in [0.25, 0.3) is 16.7 Å². The van der Waals surface area contributed by atoms with E-state index in [0.29, 0.717) is 18.7 Å². The number of nitrogens with zero attached hydrogens (tertiary/aromatic N) is 1. The summed E-state index contributed by atoms with van der Waals surface area (Å²) in [7, 11) is 0. The van der Waals surface area contributed by atoms with Crippen LogP contribution in [0.15, 0.2) is 78.9 Å². The normalized spacial score (nSPS) is 15.2. The molecule has 0 fully saturated rings. The van der Waals surface area contributed by atoms with Gasteiger partial charge in [0, 0.05) is 29.6 Å². The van der Waals surface area contributed by atoms with E-state index in [0.717, 1.165) is 33.5 Å². The van der Waals surface area contributed by atoms with Gasteiger partial charge in [-0.1, -0.05) is 60.7 Å². The predicted molar refractivity (Wildman–Crippen MR) is 156 cm³/mol. The lowest BCUT2D eigenvalue weighted by Crippen LogP contribution is -2.49. The SMILES string of the molecule is CCNC(=O)c1ccccc1-c1ccc(CN2C(=O)C(NC(=O)CC(C)(C)N)C=C(C)c3ccccc32)cc1. The van der Waals surface area contributed by atoms with Gasteiger partial charge >= 0.3 is 0 Å². The lowest BCUT2D eigenvalue weighted by atomic mass is 9.98. The molecule has 3 amide bonds. The average Bonchev–Trinajstić information content (AvgIpc) is 2.99. The Morgan fingerprint density at radius 3 is 2.26 bits per heavy atom. The first-order chi connectivity index (χ1) is 18.6. The molecule has 1 aliphatic heterocycles. The third-order valence-electron chi connectivity index (χ3n) is 6.62. The molecule has 0 radical (unpaired) electrons. The Hall–Kier alpha value is -4.23. The number of nitrogens with two attached hydrogens (primary N) is 1. The lowest BCUT2D eigenvalue weighted by molar-refractivity contribution is -0.127. The summed E-state index contributed by atoms with van der Waals surface area (Å²) in [6.45, 7) is 8.28. The molecule has 4 rings (SSSR count). The molecule has 0 bridgehead atoms. The summed E-state index contributed by atoms with van der Waals surface area (Å²) in [5.74, 6) is -0.600. The van der Waals surface area contributed by atoms with E-state index in [4.69, 9.17) is 5.73 Å². The number of hydrogen-bond acceptors (Lipinski definition) is 4.